The number of nitriles is 1. The fourth-order valence-electron chi connectivity index (χ4n) is 1.16. The van der Waals surface area contributed by atoms with Crippen LogP contribution in [0.15, 0.2) is 17.0 Å². The summed E-state index contributed by atoms with van der Waals surface area (Å²) in [5.41, 5.74) is -1.84. The average molecular weight is 313 g/mol. The van der Waals surface area contributed by atoms with E-state index in [1.165, 1.54) is 6.07 Å². The van der Waals surface area contributed by atoms with Crippen molar-refractivity contribution in [2.24, 2.45) is 0 Å². The second-order valence-corrected chi connectivity index (χ2v) is 5.57. The number of nitro benzene ring substituents is 1. The molecule has 1 aromatic rings. The van der Waals surface area contributed by atoms with Gasteiger partial charge in [0.2, 0.25) is 5.75 Å². The summed E-state index contributed by atoms with van der Waals surface area (Å²) in [5, 5.41) is 19.4. The summed E-state index contributed by atoms with van der Waals surface area (Å²) in [6, 6.07) is 2.36. The summed E-state index contributed by atoms with van der Waals surface area (Å²) < 4.78 is 50.2. The highest BCUT2D eigenvalue weighted by atomic mass is 35.7. The fourth-order valence-corrected chi connectivity index (χ4v) is 1.94. The molecule has 0 fully saturated rings. The summed E-state index contributed by atoms with van der Waals surface area (Å²) in [4.78, 5) is 8.76. The van der Waals surface area contributed by atoms with E-state index < -0.39 is 42.5 Å². The molecule has 102 valence electrons. The molecule has 0 saturated heterocycles. The molecule has 0 aliphatic carbocycles. The van der Waals surface area contributed by atoms with Crippen molar-refractivity contribution in [3.8, 4) is 11.8 Å². The van der Waals surface area contributed by atoms with Gasteiger partial charge >= 0.3 is 12.3 Å². The Kier molecular flexibility index (Phi) is 4.23. The maximum Gasteiger partial charge on any atom is 0.387 e. The number of benzene rings is 1. The van der Waals surface area contributed by atoms with Crippen LogP contribution in [0.25, 0.3) is 0 Å². The number of nitro groups is 1. The molecular weight excluding hydrogens is 310 g/mol. The van der Waals surface area contributed by atoms with E-state index in [1.54, 1.807) is 0 Å². The van der Waals surface area contributed by atoms with Crippen LogP contribution in [-0.2, 0) is 9.05 Å². The Hall–Kier alpha value is -1.99. The second-order valence-electron chi connectivity index (χ2n) is 3.00. The molecule has 0 heterocycles. The molecule has 0 spiro atoms. The van der Waals surface area contributed by atoms with E-state index in [4.69, 9.17) is 15.9 Å². The lowest BCUT2D eigenvalue weighted by Gasteiger charge is -2.08. The molecule has 0 atom stereocenters. The topological polar surface area (TPSA) is 110 Å². The van der Waals surface area contributed by atoms with Gasteiger partial charge in [-0.25, -0.2) is 8.42 Å². The lowest BCUT2D eigenvalue weighted by Crippen LogP contribution is -2.07. The van der Waals surface area contributed by atoms with Crippen molar-refractivity contribution in [1.82, 2.24) is 0 Å². The largest absolute Gasteiger partial charge is 0.426 e. The van der Waals surface area contributed by atoms with Crippen LogP contribution in [-0.4, -0.2) is 20.0 Å². The Labute approximate surface area is 109 Å². The van der Waals surface area contributed by atoms with E-state index in [0.717, 1.165) is 0 Å². The number of halogens is 3. The van der Waals surface area contributed by atoms with Gasteiger partial charge in [-0.2, -0.15) is 14.0 Å². The van der Waals surface area contributed by atoms with Gasteiger partial charge in [0, 0.05) is 16.7 Å². The smallest absolute Gasteiger partial charge is 0.387 e. The minimum Gasteiger partial charge on any atom is -0.426 e. The van der Waals surface area contributed by atoms with Crippen LogP contribution >= 0.6 is 10.7 Å². The minimum atomic E-state index is -4.36. The van der Waals surface area contributed by atoms with Crippen LogP contribution in [0, 0.1) is 21.4 Å². The Balaban J connectivity index is 3.64. The molecule has 19 heavy (non-hydrogen) atoms. The number of hydrogen-bond donors (Lipinski definition) is 0. The van der Waals surface area contributed by atoms with Gasteiger partial charge in [-0.15, -0.1) is 0 Å². The van der Waals surface area contributed by atoms with Gasteiger partial charge < -0.3 is 4.74 Å². The van der Waals surface area contributed by atoms with Gasteiger partial charge in [-0.1, -0.05) is 0 Å². The van der Waals surface area contributed by atoms with Crippen LogP contribution in [0.5, 0.6) is 5.75 Å². The molecule has 0 unspecified atom stereocenters. The van der Waals surface area contributed by atoms with Crippen molar-refractivity contribution in [3.05, 3.63) is 27.8 Å². The minimum absolute atomic E-state index is 0.431. The zero-order valence-electron chi connectivity index (χ0n) is 8.71. The Morgan fingerprint density at radius 1 is 1.47 bits per heavy atom. The fraction of sp³-hybridized carbons (Fsp3) is 0.125. The maximum absolute atomic E-state index is 12.1. The average Bonchev–Trinajstić information content (AvgIpc) is 2.26. The first-order valence-corrected chi connectivity index (χ1v) is 6.59. The molecule has 1 rings (SSSR count). The van der Waals surface area contributed by atoms with Crippen LogP contribution in [0.3, 0.4) is 0 Å². The first-order chi connectivity index (χ1) is 8.66. The molecule has 0 bridgehead atoms. The lowest BCUT2D eigenvalue weighted by atomic mass is 10.2. The third kappa shape index (κ3) is 3.49. The quantitative estimate of drug-likeness (QED) is 0.477. The SMILES string of the molecule is N#Cc1cc(S(=O)(=O)Cl)cc([N+](=O)[O-])c1OC(F)F. The van der Waals surface area contributed by atoms with E-state index in [9.17, 15) is 27.3 Å². The third-order valence-electron chi connectivity index (χ3n) is 1.85. The molecule has 11 heteroatoms. The summed E-state index contributed by atoms with van der Waals surface area (Å²) >= 11 is 0. The molecule has 0 aliphatic heterocycles. The first-order valence-electron chi connectivity index (χ1n) is 4.29. The number of ether oxygens (including phenoxy) is 1. The van der Waals surface area contributed by atoms with Crippen molar-refractivity contribution in [3.63, 3.8) is 0 Å². The molecule has 0 aromatic heterocycles. The van der Waals surface area contributed by atoms with Crippen molar-refractivity contribution in [1.29, 1.82) is 5.26 Å². The van der Waals surface area contributed by atoms with E-state index in [0.29, 0.717) is 12.1 Å². The highest BCUT2D eigenvalue weighted by Crippen LogP contribution is 2.35. The standard InChI is InChI=1S/C8H3ClF2N2O5S/c9-19(16,17)5-1-4(3-12)7(18-8(10)11)6(2-5)13(14)15/h1-2,8H. The maximum atomic E-state index is 12.1. The lowest BCUT2D eigenvalue weighted by molar-refractivity contribution is -0.386. The first kappa shape index (κ1) is 15.1. The number of hydrogen-bond acceptors (Lipinski definition) is 6. The molecular formula is C8H3ClF2N2O5S. The van der Waals surface area contributed by atoms with Crippen LogP contribution in [0.4, 0.5) is 14.5 Å². The number of rotatable bonds is 4. The molecule has 1 aromatic carbocycles. The van der Waals surface area contributed by atoms with Crippen molar-refractivity contribution in [2.45, 2.75) is 11.5 Å². The number of nitrogens with zero attached hydrogens (tertiary/aromatic N) is 2. The van der Waals surface area contributed by atoms with E-state index >= 15 is 0 Å². The Morgan fingerprint density at radius 2 is 2.05 bits per heavy atom. The third-order valence-corrected chi connectivity index (χ3v) is 3.18. The molecule has 7 nitrogen and oxygen atoms in total. The summed E-state index contributed by atoms with van der Waals surface area (Å²) in [6.45, 7) is -3.41. The van der Waals surface area contributed by atoms with Gasteiger partial charge in [-0.3, -0.25) is 10.1 Å². The Morgan fingerprint density at radius 3 is 2.42 bits per heavy atom. The van der Waals surface area contributed by atoms with Gasteiger partial charge in [-0.05, 0) is 6.07 Å². The van der Waals surface area contributed by atoms with Crippen LogP contribution in [0.1, 0.15) is 5.56 Å². The predicted molar refractivity (Wildman–Crippen MR) is 57.5 cm³/mol. The molecule has 0 radical (unpaired) electrons. The highest BCUT2D eigenvalue weighted by Gasteiger charge is 2.27. The predicted octanol–water partition coefficient (Wildman–Crippen LogP) is 2.00. The van der Waals surface area contributed by atoms with E-state index in [-0.39, 0.29) is 0 Å². The van der Waals surface area contributed by atoms with E-state index in [2.05, 4.69) is 4.74 Å². The molecule has 0 amide bonds. The van der Waals surface area contributed by atoms with Crippen molar-refractivity contribution >= 4 is 25.4 Å². The molecule has 0 saturated carbocycles. The second kappa shape index (κ2) is 5.33. The Bertz CT molecular complexity index is 670. The normalized spacial score (nSPS) is 11.1. The zero-order valence-corrected chi connectivity index (χ0v) is 10.3. The monoisotopic (exact) mass is 312 g/mol. The summed E-state index contributed by atoms with van der Waals surface area (Å²) in [5.74, 6) is -1.02. The van der Waals surface area contributed by atoms with Gasteiger partial charge in [0.15, 0.2) is 0 Å². The van der Waals surface area contributed by atoms with Crippen molar-refractivity contribution in [2.75, 3.05) is 0 Å². The van der Waals surface area contributed by atoms with Crippen LogP contribution in [0.2, 0.25) is 0 Å². The summed E-state index contributed by atoms with van der Waals surface area (Å²) in [7, 11) is 0.610. The van der Waals surface area contributed by atoms with Crippen molar-refractivity contribution < 1.29 is 26.9 Å². The molecule has 0 aliphatic rings. The van der Waals surface area contributed by atoms with Gasteiger partial charge in [0.25, 0.3) is 9.05 Å². The zero-order chi connectivity index (χ0) is 14.8. The highest BCUT2D eigenvalue weighted by molar-refractivity contribution is 8.13. The van der Waals surface area contributed by atoms with Gasteiger partial charge in [0.05, 0.1) is 9.82 Å². The number of alkyl halides is 2. The van der Waals surface area contributed by atoms with Gasteiger partial charge in [0.1, 0.15) is 11.6 Å². The van der Waals surface area contributed by atoms with Crippen LogP contribution < -0.4 is 4.74 Å². The summed E-state index contributed by atoms with van der Waals surface area (Å²) in [6.07, 6.45) is 0. The molecule has 0 N–H and O–H groups in total. The van der Waals surface area contributed by atoms with E-state index in [1.807, 2.05) is 0 Å².